The number of anilines is 1. The van der Waals surface area contributed by atoms with Crippen molar-refractivity contribution in [2.24, 2.45) is 0 Å². The van der Waals surface area contributed by atoms with Crippen molar-refractivity contribution < 1.29 is 32.2 Å². The molecule has 0 aliphatic carbocycles. The van der Waals surface area contributed by atoms with Gasteiger partial charge in [0.1, 0.15) is 24.7 Å². The van der Waals surface area contributed by atoms with E-state index in [1.807, 2.05) is 13.8 Å². The highest BCUT2D eigenvalue weighted by Crippen LogP contribution is 2.34. The minimum absolute atomic E-state index is 0.0681. The molecule has 1 fully saturated rings. The molecule has 0 saturated carbocycles. The fourth-order valence-electron chi connectivity index (χ4n) is 3.85. The lowest BCUT2D eigenvalue weighted by atomic mass is 10.0. The minimum atomic E-state index is -4.48. The van der Waals surface area contributed by atoms with Crippen molar-refractivity contribution in [2.75, 3.05) is 18.6 Å². The Labute approximate surface area is 214 Å². The van der Waals surface area contributed by atoms with Crippen LogP contribution in [-0.2, 0) is 24.1 Å². The Morgan fingerprint density at radius 1 is 0.892 bits per heavy atom. The Bertz CT molecular complexity index is 1230. The first kappa shape index (κ1) is 27.6. The number of carbonyl (C=O) groups excluding carboxylic acids is 2. The molecule has 3 amide bonds. The number of aryl methyl sites for hydroxylation is 1. The lowest BCUT2D eigenvalue weighted by Gasteiger charge is -2.18. The molecule has 3 aromatic rings. The van der Waals surface area contributed by atoms with Crippen LogP contribution in [0.25, 0.3) is 0 Å². The predicted octanol–water partition coefficient (Wildman–Crippen LogP) is 6.60. The van der Waals surface area contributed by atoms with Gasteiger partial charge in [0.2, 0.25) is 0 Å². The molecule has 196 valence electrons. The number of carbonyl (C=O) groups is 2. The van der Waals surface area contributed by atoms with Crippen LogP contribution in [-0.4, -0.2) is 30.5 Å². The van der Waals surface area contributed by atoms with Crippen molar-refractivity contribution in [2.45, 2.75) is 40.1 Å². The third-order valence-corrected chi connectivity index (χ3v) is 5.80. The Balaban J connectivity index is 0.00000186. The van der Waals surface area contributed by atoms with E-state index >= 15 is 0 Å². The SMILES string of the molecule is CC.COc1ccc(CN2C(=O)CN(c3ccc(OCc4c(C)cccc4C(F)(F)F)cc3)C2=O)cc1. The van der Waals surface area contributed by atoms with Crippen molar-refractivity contribution in [3.8, 4) is 11.5 Å². The molecule has 6 nitrogen and oxygen atoms in total. The number of benzene rings is 3. The van der Waals surface area contributed by atoms with E-state index in [0.29, 0.717) is 22.7 Å². The van der Waals surface area contributed by atoms with E-state index in [1.54, 1.807) is 68.6 Å². The second-order valence-corrected chi connectivity index (χ2v) is 8.08. The van der Waals surface area contributed by atoms with E-state index in [1.165, 1.54) is 15.9 Å². The quantitative estimate of drug-likeness (QED) is 0.334. The van der Waals surface area contributed by atoms with Crippen LogP contribution in [0.3, 0.4) is 0 Å². The van der Waals surface area contributed by atoms with Gasteiger partial charge in [-0.1, -0.05) is 38.1 Å². The number of amides is 3. The largest absolute Gasteiger partial charge is 0.497 e. The number of alkyl halides is 3. The van der Waals surface area contributed by atoms with Gasteiger partial charge in [-0.15, -0.1) is 0 Å². The van der Waals surface area contributed by atoms with Crippen LogP contribution in [0.1, 0.15) is 36.1 Å². The second-order valence-electron chi connectivity index (χ2n) is 8.08. The smallest absolute Gasteiger partial charge is 0.416 e. The van der Waals surface area contributed by atoms with Crippen LogP contribution in [0, 0.1) is 6.92 Å². The second kappa shape index (κ2) is 11.8. The number of methoxy groups -OCH3 is 1. The fourth-order valence-corrected chi connectivity index (χ4v) is 3.85. The summed E-state index contributed by atoms with van der Waals surface area (Å²) in [4.78, 5) is 27.9. The molecule has 0 aromatic heterocycles. The number of ether oxygens (including phenoxy) is 2. The van der Waals surface area contributed by atoms with Crippen LogP contribution in [0.2, 0.25) is 0 Å². The Kier molecular flexibility index (Phi) is 8.81. The zero-order valence-electron chi connectivity index (χ0n) is 21.1. The van der Waals surface area contributed by atoms with Gasteiger partial charge in [-0.25, -0.2) is 4.79 Å². The zero-order valence-corrected chi connectivity index (χ0v) is 21.1. The Morgan fingerprint density at radius 3 is 2.11 bits per heavy atom. The molecule has 0 unspecified atom stereocenters. The maximum Gasteiger partial charge on any atom is 0.416 e. The molecule has 1 aliphatic heterocycles. The Hall–Kier alpha value is -4.01. The van der Waals surface area contributed by atoms with Crippen LogP contribution in [0.4, 0.5) is 23.7 Å². The van der Waals surface area contributed by atoms with Gasteiger partial charge in [0.15, 0.2) is 0 Å². The van der Waals surface area contributed by atoms with Gasteiger partial charge in [0, 0.05) is 11.3 Å². The number of hydrogen-bond acceptors (Lipinski definition) is 4. The molecule has 3 aromatic carbocycles. The molecule has 1 heterocycles. The number of nitrogens with zero attached hydrogens (tertiary/aromatic N) is 2. The maximum absolute atomic E-state index is 13.3. The molecule has 9 heteroatoms. The molecule has 4 rings (SSSR count). The lowest BCUT2D eigenvalue weighted by molar-refractivity contribution is -0.138. The average Bonchev–Trinajstić information content (AvgIpc) is 3.17. The van der Waals surface area contributed by atoms with Gasteiger partial charge in [0.25, 0.3) is 5.91 Å². The molecule has 0 radical (unpaired) electrons. The van der Waals surface area contributed by atoms with Crippen molar-refractivity contribution in [1.82, 2.24) is 4.90 Å². The number of rotatable bonds is 7. The van der Waals surface area contributed by atoms with Gasteiger partial charge in [-0.3, -0.25) is 14.6 Å². The molecule has 0 atom stereocenters. The molecular formula is C28H29F3N2O4. The highest BCUT2D eigenvalue weighted by Gasteiger charge is 2.37. The van der Waals surface area contributed by atoms with Crippen LogP contribution < -0.4 is 14.4 Å². The highest BCUT2D eigenvalue weighted by molar-refractivity contribution is 6.12. The summed E-state index contributed by atoms with van der Waals surface area (Å²) < 4.78 is 50.7. The van der Waals surface area contributed by atoms with Gasteiger partial charge < -0.3 is 9.47 Å². The predicted molar refractivity (Wildman–Crippen MR) is 135 cm³/mol. The summed E-state index contributed by atoms with van der Waals surface area (Å²) in [7, 11) is 1.55. The van der Waals surface area contributed by atoms with E-state index in [4.69, 9.17) is 9.47 Å². The molecule has 0 bridgehead atoms. The molecule has 1 aliphatic rings. The van der Waals surface area contributed by atoms with Crippen molar-refractivity contribution in [3.63, 3.8) is 0 Å². The lowest BCUT2D eigenvalue weighted by Crippen LogP contribution is -2.32. The third-order valence-electron chi connectivity index (χ3n) is 5.80. The van der Waals surface area contributed by atoms with Crippen molar-refractivity contribution in [3.05, 3.63) is 89.0 Å². The van der Waals surface area contributed by atoms with Gasteiger partial charge in [-0.05, 0) is 60.5 Å². The number of imide groups is 1. The number of urea groups is 1. The van der Waals surface area contributed by atoms with E-state index in [2.05, 4.69) is 0 Å². The van der Waals surface area contributed by atoms with Crippen molar-refractivity contribution in [1.29, 1.82) is 0 Å². The summed E-state index contributed by atoms with van der Waals surface area (Å²) in [6.07, 6.45) is -4.48. The topological polar surface area (TPSA) is 59.1 Å². The van der Waals surface area contributed by atoms with Crippen molar-refractivity contribution >= 4 is 17.6 Å². The molecular weight excluding hydrogens is 485 g/mol. The summed E-state index contributed by atoms with van der Waals surface area (Å²) in [6, 6.07) is 16.9. The summed E-state index contributed by atoms with van der Waals surface area (Å²) in [5.74, 6) is 0.692. The fraction of sp³-hybridized carbons (Fsp3) is 0.286. The zero-order chi connectivity index (χ0) is 27.2. The number of halogens is 3. The summed E-state index contributed by atoms with van der Waals surface area (Å²) in [5, 5.41) is 0. The van der Waals surface area contributed by atoms with E-state index < -0.39 is 17.8 Å². The molecule has 0 N–H and O–H groups in total. The monoisotopic (exact) mass is 514 g/mol. The van der Waals surface area contributed by atoms with E-state index in [-0.39, 0.29) is 31.2 Å². The van der Waals surface area contributed by atoms with E-state index in [9.17, 15) is 22.8 Å². The van der Waals surface area contributed by atoms with Gasteiger partial charge in [0.05, 0.1) is 19.2 Å². The van der Waals surface area contributed by atoms with Gasteiger partial charge in [-0.2, -0.15) is 13.2 Å². The first-order valence-electron chi connectivity index (χ1n) is 11.8. The van der Waals surface area contributed by atoms with Crippen LogP contribution in [0.5, 0.6) is 11.5 Å². The van der Waals surface area contributed by atoms with E-state index in [0.717, 1.165) is 11.6 Å². The summed E-state index contributed by atoms with van der Waals surface area (Å²) in [6.45, 7) is 5.38. The maximum atomic E-state index is 13.3. The van der Waals surface area contributed by atoms with Gasteiger partial charge >= 0.3 is 12.2 Å². The first-order valence-corrected chi connectivity index (χ1v) is 11.8. The summed E-state index contributed by atoms with van der Waals surface area (Å²) in [5.41, 5.74) is 1.09. The molecule has 0 spiro atoms. The van der Waals surface area contributed by atoms with Crippen LogP contribution >= 0.6 is 0 Å². The Morgan fingerprint density at radius 2 is 1.51 bits per heavy atom. The van der Waals surface area contributed by atoms with Crippen LogP contribution in [0.15, 0.2) is 66.7 Å². The standard InChI is InChI=1S/C26H23F3N2O4.C2H6/c1-17-4-3-5-23(26(27,28)29)22(17)16-35-21-12-8-19(9-13-21)30-15-24(32)31(25(30)33)14-18-6-10-20(34-2)11-7-18;1-2/h3-13H,14-16H2,1-2H3;1-2H3. The third kappa shape index (κ3) is 6.41. The average molecular weight is 515 g/mol. The first-order chi connectivity index (χ1) is 17.7. The minimum Gasteiger partial charge on any atom is -0.497 e. The molecule has 37 heavy (non-hydrogen) atoms. The summed E-state index contributed by atoms with van der Waals surface area (Å²) >= 11 is 0. The highest BCUT2D eigenvalue weighted by atomic mass is 19.4. The molecule has 1 saturated heterocycles. The number of hydrogen-bond donors (Lipinski definition) is 0. The normalized spacial score (nSPS) is 13.4.